The van der Waals surface area contributed by atoms with E-state index in [1.165, 1.54) is 13.2 Å². The van der Waals surface area contributed by atoms with Gasteiger partial charge in [0.05, 0.1) is 13.0 Å². The lowest BCUT2D eigenvalue weighted by Crippen LogP contribution is -2.28. The van der Waals surface area contributed by atoms with Gasteiger partial charge in [0, 0.05) is 12.6 Å². The van der Waals surface area contributed by atoms with Crippen molar-refractivity contribution < 1.29 is 9.53 Å². The predicted octanol–water partition coefficient (Wildman–Crippen LogP) is 0.933. The third-order valence-corrected chi connectivity index (χ3v) is 3.16. The van der Waals surface area contributed by atoms with E-state index in [-0.39, 0.29) is 22.9 Å². The van der Waals surface area contributed by atoms with Crippen molar-refractivity contribution in [1.82, 2.24) is 15.3 Å². The Balaban J connectivity index is 2.09. The van der Waals surface area contributed by atoms with Crippen molar-refractivity contribution in [3.05, 3.63) is 11.2 Å². The molecule has 1 aromatic rings. The van der Waals surface area contributed by atoms with Gasteiger partial charge in [0.25, 0.3) is 0 Å². The first kappa shape index (κ1) is 13.0. The Bertz CT molecular complexity index is 455. The van der Waals surface area contributed by atoms with E-state index in [4.69, 9.17) is 16.3 Å². The van der Waals surface area contributed by atoms with E-state index in [1.54, 1.807) is 0 Å². The van der Waals surface area contributed by atoms with Crippen LogP contribution < -0.4 is 15.4 Å². The standard InChI is InChI=1S/C11H15ClN4O2/c1-6-4-13-5-7(6)10(17)16-11-14-8(12)3-9(15-11)18-2/h3,6-7,13H,4-5H2,1-2H3,(H,14,15,16,17)/t6-,7-/m1/s1. The Morgan fingerprint density at radius 3 is 2.94 bits per heavy atom. The third kappa shape index (κ3) is 2.88. The molecular formula is C11H15ClN4O2. The summed E-state index contributed by atoms with van der Waals surface area (Å²) in [6, 6.07) is 1.48. The average molecular weight is 271 g/mol. The van der Waals surface area contributed by atoms with Gasteiger partial charge in [-0.1, -0.05) is 18.5 Å². The normalized spacial score (nSPS) is 22.8. The highest BCUT2D eigenvalue weighted by Gasteiger charge is 2.30. The first-order chi connectivity index (χ1) is 8.60. The maximum atomic E-state index is 12.0. The van der Waals surface area contributed by atoms with E-state index in [0.29, 0.717) is 18.3 Å². The molecule has 0 bridgehead atoms. The minimum atomic E-state index is -0.100. The monoisotopic (exact) mass is 270 g/mol. The van der Waals surface area contributed by atoms with Crippen molar-refractivity contribution in [2.75, 3.05) is 25.5 Å². The van der Waals surface area contributed by atoms with E-state index in [0.717, 1.165) is 6.54 Å². The van der Waals surface area contributed by atoms with Crippen LogP contribution in [0.4, 0.5) is 5.95 Å². The Morgan fingerprint density at radius 2 is 2.33 bits per heavy atom. The second-order valence-corrected chi connectivity index (χ2v) is 4.68. The number of methoxy groups -OCH3 is 1. The second-order valence-electron chi connectivity index (χ2n) is 4.29. The molecule has 1 amide bonds. The summed E-state index contributed by atoms with van der Waals surface area (Å²) in [5, 5.41) is 6.07. The molecule has 0 aliphatic carbocycles. The number of ether oxygens (including phenoxy) is 1. The van der Waals surface area contributed by atoms with Crippen LogP contribution in [0.25, 0.3) is 0 Å². The molecular weight excluding hydrogens is 256 g/mol. The first-order valence-electron chi connectivity index (χ1n) is 5.70. The molecule has 0 saturated carbocycles. The van der Waals surface area contributed by atoms with Crippen LogP contribution in [0, 0.1) is 11.8 Å². The molecule has 1 aromatic heterocycles. The summed E-state index contributed by atoms with van der Waals surface area (Å²) >= 11 is 5.81. The van der Waals surface area contributed by atoms with Gasteiger partial charge >= 0.3 is 0 Å². The van der Waals surface area contributed by atoms with Crippen molar-refractivity contribution >= 4 is 23.5 Å². The maximum absolute atomic E-state index is 12.0. The predicted molar refractivity (Wildman–Crippen MR) is 67.7 cm³/mol. The van der Waals surface area contributed by atoms with Gasteiger partial charge in [-0.25, -0.2) is 4.98 Å². The second kappa shape index (κ2) is 5.49. The molecule has 2 atom stereocenters. The molecule has 0 radical (unpaired) electrons. The molecule has 2 heterocycles. The van der Waals surface area contributed by atoms with Crippen LogP contribution in [0.5, 0.6) is 5.88 Å². The van der Waals surface area contributed by atoms with Gasteiger partial charge in [0.1, 0.15) is 5.15 Å². The van der Waals surface area contributed by atoms with Crippen LogP contribution >= 0.6 is 11.6 Å². The number of carbonyl (C=O) groups excluding carboxylic acids is 1. The fourth-order valence-electron chi connectivity index (χ4n) is 1.92. The van der Waals surface area contributed by atoms with Crippen molar-refractivity contribution in [3.63, 3.8) is 0 Å². The number of amides is 1. The fraction of sp³-hybridized carbons (Fsp3) is 0.545. The quantitative estimate of drug-likeness (QED) is 0.799. The minimum Gasteiger partial charge on any atom is -0.481 e. The molecule has 6 nitrogen and oxygen atoms in total. The number of halogens is 1. The average Bonchev–Trinajstić information content (AvgIpc) is 2.74. The third-order valence-electron chi connectivity index (χ3n) is 2.97. The van der Waals surface area contributed by atoms with Crippen molar-refractivity contribution in [2.24, 2.45) is 11.8 Å². The van der Waals surface area contributed by atoms with E-state index in [1.807, 2.05) is 6.92 Å². The minimum absolute atomic E-state index is 0.0708. The Labute approximate surface area is 110 Å². The number of nitrogens with zero attached hydrogens (tertiary/aromatic N) is 2. The number of nitrogens with one attached hydrogen (secondary N) is 2. The Hall–Kier alpha value is -1.40. The van der Waals surface area contributed by atoms with Gasteiger partial charge in [0.15, 0.2) is 0 Å². The number of anilines is 1. The number of hydrogen-bond donors (Lipinski definition) is 2. The van der Waals surface area contributed by atoms with Crippen molar-refractivity contribution in [3.8, 4) is 5.88 Å². The molecule has 1 aliphatic heterocycles. The van der Waals surface area contributed by atoms with Gasteiger partial charge in [-0.2, -0.15) is 4.98 Å². The summed E-state index contributed by atoms with van der Waals surface area (Å²) in [6.07, 6.45) is 0. The van der Waals surface area contributed by atoms with Gasteiger partial charge in [-0.05, 0) is 12.5 Å². The lowest BCUT2D eigenvalue weighted by molar-refractivity contribution is -0.120. The summed E-state index contributed by atoms with van der Waals surface area (Å²) < 4.78 is 4.96. The van der Waals surface area contributed by atoms with Crippen molar-refractivity contribution in [2.45, 2.75) is 6.92 Å². The molecule has 0 spiro atoms. The highest BCUT2D eigenvalue weighted by Crippen LogP contribution is 2.19. The van der Waals surface area contributed by atoms with Gasteiger partial charge in [-0.15, -0.1) is 0 Å². The maximum Gasteiger partial charge on any atom is 0.234 e. The summed E-state index contributed by atoms with van der Waals surface area (Å²) in [5.41, 5.74) is 0. The van der Waals surface area contributed by atoms with Gasteiger partial charge in [-0.3, -0.25) is 10.1 Å². The first-order valence-corrected chi connectivity index (χ1v) is 6.08. The lowest BCUT2D eigenvalue weighted by Gasteiger charge is -2.13. The van der Waals surface area contributed by atoms with Gasteiger partial charge in [0.2, 0.25) is 17.7 Å². The molecule has 2 rings (SSSR count). The van der Waals surface area contributed by atoms with E-state index in [9.17, 15) is 4.79 Å². The molecule has 1 fully saturated rings. The molecule has 0 aromatic carbocycles. The fourth-order valence-corrected chi connectivity index (χ4v) is 2.09. The molecule has 2 N–H and O–H groups in total. The number of carbonyl (C=O) groups is 1. The van der Waals surface area contributed by atoms with E-state index < -0.39 is 0 Å². The Morgan fingerprint density at radius 1 is 1.56 bits per heavy atom. The number of aromatic nitrogens is 2. The van der Waals surface area contributed by atoms with Crippen LogP contribution in [0.15, 0.2) is 6.07 Å². The van der Waals surface area contributed by atoms with Crippen LogP contribution in [0.2, 0.25) is 5.15 Å². The highest BCUT2D eigenvalue weighted by atomic mass is 35.5. The van der Waals surface area contributed by atoms with E-state index >= 15 is 0 Å². The number of hydrogen-bond acceptors (Lipinski definition) is 5. The van der Waals surface area contributed by atoms with Crippen LogP contribution in [-0.4, -0.2) is 36.1 Å². The summed E-state index contributed by atoms with van der Waals surface area (Å²) in [5.74, 6) is 0.618. The molecule has 1 saturated heterocycles. The molecule has 98 valence electrons. The topological polar surface area (TPSA) is 76.1 Å². The zero-order valence-corrected chi connectivity index (χ0v) is 11.0. The largest absolute Gasteiger partial charge is 0.481 e. The van der Waals surface area contributed by atoms with Crippen LogP contribution in [0.3, 0.4) is 0 Å². The SMILES string of the molecule is COc1cc(Cl)nc(NC(=O)[C@@H]2CNC[C@H]2C)n1. The summed E-state index contributed by atoms with van der Waals surface area (Å²) in [4.78, 5) is 20.0. The highest BCUT2D eigenvalue weighted by molar-refractivity contribution is 6.29. The van der Waals surface area contributed by atoms with Crippen LogP contribution in [0.1, 0.15) is 6.92 Å². The zero-order valence-electron chi connectivity index (χ0n) is 10.2. The van der Waals surface area contributed by atoms with Crippen molar-refractivity contribution in [1.29, 1.82) is 0 Å². The molecule has 7 heteroatoms. The smallest absolute Gasteiger partial charge is 0.234 e. The summed E-state index contributed by atoms with van der Waals surface area (Å²) in [6.45, 7) is 3.55. The molecule has 1 aliphatic rings. The van der Waals surface area contributed by atoms with Crippen LogP contribution in [-0.2, 0) is 4.79 Å². The molecule has 18 heavy (non-hydrogen) atoms. The summed E-state index contributed by atoms with van der Waals surface area (Å²) in [7, 11) is 1.48. The Kier molecular flexibility index (Phi) is 3.98. The van der Waals surface area contributed by atoms with Gasteiger partial charge < -0.3 is 10.1 Å². The van der Waals surface area contributed by atoms with E-state index in [2.05, 4.69) is 20.6 Å². The molecule has 0 unspecified atom stereocenters. The number of rotatable bonds is 3. The zero-order chi connectivity index (χ0) is 13.1. The lowest BCUT2D eigenvalue weighted by atomic mass is 9.97.